The average Bonchev–Trinajstić information content (AvgIpc) is 2.37. The van der Waals surface area contributed by atoms with E-state index in [1.54, 1.807) is 6.92 Å². The highest BCUT2D eigenvalue weighted by Gasteiger charge is 2.35. The normalized spacial score (nSPS) is 13.3. The molecular formula is C15H12BrF4N. The molecule has 0 bridgehead atoms. The number of alkyl halides is 3. The molecule has 0 aliphatic rings. The summed E-state index contributed by atoms with van der Waals surface area (Å²) in [6.45, 7) is 1.62. The Balaban J connectivity index is 2.55. The fourth-order valence-electron chi connectivity index (χ4n) is 2.20. The third-order valence-electron chi connectivity index (χ3n) is 3.22. The highest BCUT2D eigenvalue weighted by Crippen LogP contribution is 2.37. The third kappa shape index (κ3) is 3.44. The molecule has 0 saturated carbocycles. The van der Waals surface area contributed by atoms with Gasteiger partial charge in [0.2, 0.25) is 0 Å². The predicted molar refractivity (Wildman–Crippen MR) is 76.3 cm³/mol. The second kappa shape index (κ2) is 5.77. The second-order valence-corrected chi connectivity index (χ2v) is 5.62. The molecular weight excluding hydrogens is 350 g/mol. The molecule has 0 fully saturated rings. The molecule has 1 unspecified atom stereocenters. The first-order valence-electron chi connectivity index (χ1n) is 6.08. The number of halogens is 5. The number of hydrogen-bond acceptors (Lipinski definition) is 1. The first-order chi connectivity index (χ1) is 9.70. The Bertz CT molecular complexity index is 667. The van der Waals surface area contributed by atoms with Gasteiger partial charge in [0.1, 0.15) is 5.82 Å². The minimum Gasteiger partial charge on any atom is -0.320 e. The van der Waals surface area contributed by atoms with Gasteiger partial charge in [-0.1, -0.05) is 28.1 Å². The average molecular weight is 362 g/mol. The van der Waals surface area contributed by atoms with Crippen LogP contribution < -0.4 is 5.73 Å². The molecule has 1 atom stereocenters. The Morgan fingerprint density at radius 1 is 1.05 bits per heavy atom. The molecule has 0 aromatic heterocycles. The molecule has 0 spiro atoms. The fourth-order valence-corrected chi connectivity index (χ4v) is 2.56. The zero-order valence-corrected chi connectivity index (χ0v) is 12.6. The quantitative estimate of drug-likeness (QED) is 0.751. The van der Waals surface area contributed by atoms with Gasteiger partial charge in [-0.3, -0.25) is 0 Å². The first kappa shape index (κ1) is 16.0. The van der Waals surface area contributed by atoms with Crippen LogP contribution in [0.15, 0.2) is 40.9 Å². The number of rotatable bonds is 2. The monoisotopic (exact) mass is 361 g/mol. The van der Waals surface area contributed by atoms with Crippen molar-refractivity contribution in [1.29, 1.82) is 0 Å². The third-order valence-corrected chi connectivity index (χ3v) is 3.72. The minimum atomic E-state index is -4.51. The van der Waals surface area contributed by atoms with E-state index < -0.39 is 23.6 Å². The Kier molecular flexibility index (Phi) is 4.39. The van der Waals surface area contributed by atoms with Crippen molar-refractivity contribution >= 4 is 15.9 Å². The molecule has 2 N–H and O–H groups in total. The maximum Gasteiger partial charge on any atom is 0.416 e. The van der Waals surface area contributed by atoms with Crippen molar-refractivity contribution in [2.75, 3.05) is 0 Å². The lowest BCUT2D eigenvalue weighted by atomic mass is 9.92. The SMILES string of the molecule is Cc1cc(F)ccc1C(N)c1ccc(Br)cc1C(F)(F)F. The van der Waals surface area contributed by atoms with Gasteiger partial charge < -0.3 is 5.73 Å². The molecule has 0 aliphatic carbocycles. The van der Waals surface area contributed by atoms with Gasteiger partial charge in [-0.05, 0) is 47.9 Å². The van der Waals surface area contributed by atoms with Crippen LogP contribution in [0, 0.1) is 12.7 Å². The minimum absolute atomic E-state index is 0.0413. The van der Waals surface area contributed by atoms with E-state index in [0.29, 0.717) is 15.6 Å². The molecule has 0 heterocycles. The smallest absolute Gasteiger partial charge is 0.320 e. The van der Waals surface area contributed by atoms with Gasteiger partial charge in [0.25, 0.3) is 0 Å². The zero-order valence-electron chi connectivity index (χ0n) is 11.0. The van der Waals surface area contributed by atoms with Crippen LogP contribution in [0.2, 0.25) is 0 Å². The van der Waals surface area contributed by atoms with Crippen molar-refractivity contribution in [1.82, 2.24) is 0 Å². The van der Waals surface area contributed by atoms with E-state index in [0.717, 1.165) is 6.07 Å². The van der Waals surface area contributed by atoms with E-state index >= 15 is 0 Å². The Labute approximate surface area is 127 Å². The Morgan fingerprint density at radius 3 is 2.24 bits per heavy atom. The Morgan fingerprint density at radius 2 is 1.67 bits per heavy atom. The molecule has 1 nitrogen and oxygen atoms in total. The van der Waals surface area contributed by atoms with Crippen LogP contribution in [-0.2, 0) is 6.18 Å². The highest BCUT2D eigenvalue weighted by molar-refractivity contribution is 9.10. The van der Waals surface area contributed by atoms with Gasteiger partial charge in [-0.25, -0.2) is 4.39 Å². The van der Waals surface area contributed by atoms with E-state index in [1.807, 2.05) is 0 Å². The number of aryl methyl sites for hydroxylation is 1. The van der Waals surface area contributed by atoms with Gasteiger partial charge in [0.05, 0.1) is 11.6 Å². The molecule has 6 heteroatoms. The standard InChI is InChI=1S/C15H12BrF4N/c1-8-6-10(17)3-5-11(8)14(21)12-4-2-9(16)7-13(12)15(18,19)20/h2-7,14H,21H2,1H3. The maximum atomic E-state index is 13.1. The molecule has 112 valence electrons. The summed E-state index contributed by atoms with van der Waals surface area (Å²) in [4.78, 5) is 0. The molecule has 21 heavy (non-hydrogen) atoms. The first-order valence-corrected chi connectivity index (χ1v) is 6.87. The van der Waals surface area contributed by atoms with Crippen molar-refractivity contribution in [3.63, 3.8) is 0 Å². The van der Waals surface area contributed by atoms with Crippen molar-refractivity contribution < 1.29 is 17.6 Å². The Hall–Kier alpha value is -1.40. The summed E-state index contributed by atoms with van der Waals surface area (Å²) in [5.74, 6) is -0.449. The van der Waals surface area contributed by atoms with Gasteiger partial charge in [0.15, 0.2) is 0 Å². The van der Waals surface area contributed by atoms with Gasteiger partial charge in [-0.15, -0.1) is 0 Å². The van der Waals surface area contributed by atoms with E-state index in [-0.39, 0.29) is 5.56 Å². The van der Waals surface area contributed by atoms with Crippen LogP contribution >= 0.6 is 15.9 Å². The molecule has 0 amide bonds. The van der Waals surface area contributed by atoms with E-state index in [4.69, 9.17) is 5.73 Å². The van der Waals surface area contributed by atoms with Crippen molar-refractivity contribution in [3.05, 3.63) is 68.9 Å². The molecule has 0 radical (unpaired) electrons. The summed E-state index contributed by atoms with van der Waals surface area (Å²) in [5, 5.41) is 0. The van der Waals surface area contributed by atoms with Crippen molar-refractivity contribution in [3.8, 4) is 0 Å². The second-order valence-electron chi connectivity index (χ2n) is 4.71. The van der Waals surface area contributed by atoms with E-state index in [9.17, 15) is 17.6 Å². The van der Waals surface area contributed by atoms with Crippen LogP contribution in [0.25, 0.3) is 0 Å². The lowest BCUT2D eigenvalue weighted by molar-refractivity contribution is -0.138. The predicted octanol–water partition coefficient (Wildman–Crippen LogP) is 4.96. The van der Waals surface area contributed by atoms with Crippen LogP contribution in [0.5, 0.6) is 0 Å². The number of benzene rings is 2. The summed E-state index contributed by atoms with van der Waals surface area (Å²) in [5.41, 5.74) is 6.11. The van der Waals surface area contributed by atoms with E-state index in [2.05, 4.69) is 15.9 Å². The summed E-state index contributed by atoms with van der Waals surface area (Å²) >= 11 is 3.03. The van der Waals surface area contributed by atoms with Crippen LogP contribution in [0.1, 0.15) is 28.3 Å². The van der Waals surface area contributed by atoms with Gasteiger partial charge in [-0.2, -0.15) is 13.2 Å². The highest BCUT2D eigenvalue weighted by atomic mass is 79.9. The number of nitrogens with two attached hydrogens (primary N) is 1. The zero-order chi connectivity index (χ0) is 15.8. The topological polar surface area (TPSA) is 26.0 Å². The van der Waals surface area contributed by atoms with Crippen molar-refractivity contribution in [2.24, 2.45) is 5.73 Å². The molecule has 0 aliphatic heterocycles. The van der Waals surface area contributed by atoms with Gasteiger partial charge >= 0.3 is 6.18 Å². The van der Waals surface area contributed by atoms with Crippen LogP contribution in [-0.4, -0.2) is 0 Å². The van der Waals surface area contributed by atoms with Gasteiger partial charge in [0, 0.05) is 4.47 Å². The largest absolute Gasteiger partial charge is 0.416 e. The van der Waals surface area contributed by atoms with Crippen LogP contribution in [0.4, 0.5) is 17.6 Å². The summed E-state index contributed by atoms with van der Waals surface area (Å²) in [7, 11) is 0. The van der Waals surface area contributed by atoms with Crippen LogP contribution in [0.3, 0.4) is 0 Å². The molecule has 2 aromatic carbocycles. The summed E-state index contributed by atoms with van der Waals surface area (Å²) in [6, 6.07) is 6.71. The molecule has 2 aromatic rings. The number of hydrogen-bond donors (Lipinski definition) is 1. The fraction of sp³-hybridized carbons (Fsp3) is 0.200. The van der Waals surface area contributed by atoms with Crippen molar-refractivity contribution in [2.45, 2.75) is 19.1 Å². The van der Waals surface area contributed by atoms with E-state index in [1.165, 1.54) is 30.3 Å². The summed E-state index contributed by atoms with van der Waals surface area (Å²) in [6.07, 6.45) is -4.51. The summed E-state index contributed by atoms with van der Waals surface area (Å²) < 4.78 is 52.8. The maximum absolute atomic E-state index is 13.1. The lowest BCUT2D eigenvalue weighted by Gasteiger charge is -2.20. The molecule has 2 rings (SSSR count). The lowest BCUT2D eigenvalue weighted by Crippen LogP contribution is -2.19. The molecule has 0 saturated heterocycles.